The third-order valence-electron chi connectivity index (χ3n) is 1.84. The van der Waals surface area contributed by atoms with Gasteiger partial charge < -0.3 is 0 Å². The molecule has 0 aliphatic heterocycles. The predicted molar refractivity (Wildman–Crippen MR) is 69.9 cm³/mol. The van der Waals surface area contributed by atoms with Crippen molar-refractivity contribution in [1.82, 2.24) is 9.97 Å². The number of aromatic nitrogens is 2. The van der Waals surface area contributed by atoms with Crippen LogP contribution in [-0.4, -0.2) is 9.97 Å². The Kier molecular flexibility index (Phi) is 3.62. The minimum absolute atomic E-state index is 0.00755. The highest BCUT2D eigenvalue weighted by Gasteiger charge is 2.19. The van der Waals surface area contributed by atoms with Gasteiger partial charge in [-0.2, -0.15) is 0 Å². The summed E-state index contributed by atoms with van der Waals surface area (Å²) >= 11 is 23.6. The molecule has 0 bridgehead atoms. The number of rotatable bonds is 0. The molecule has 1 aromatic heterocycles. The maximum atomic E-state index is 13.8. The molecule has 0 radical (unpaired) electrons. The van der Waals surface area contributed by atoms with Gasteiger partial charge in [0.05, 0.1) is 19.4 Å². The van der Waals surface area contributed by atoms with Gasteiger partial charge in [0.1, 0.15) is 10.7 Å². The molecule has 0 atom stereocenters. The summed E-state index contributed by atoms with van der Waals surface area (Å²) in [6.45, 7) is 0. The lowest BCUT2D eigenvalue weighted by molar-refractivity contribution is 0.630. The van der Waals surface area contributed by atoms with Gasteiger partial charge in [0.15, 0.2) is 5.82 Å². The van der Waals surface area contributed by atoms with E-state index in [1.54, 1.807) is 0 Å². The zero-order valence-electron chi connectivity index (χ0n) is 7.16. The van der Waals surface area contributed by atoms with Gasteiger partial charge >= 0.3 is 0 Å². The fraction of sp³-hybridized carbons (Fsp3) is 0. The fourth-order valence-electron chi connectivity index (χ4n) is 1.17. The van der Waals surface area contributed by atoms with Gasteiger partial charge in [0.2, 0.25) is 5.28 Å². The minimum atomic E-state index is -0.630. The quantitative estimate of drug-likeness (QED) is 0.257. The molecule has 0 N–H and O–H groups in total. The lowest BCUT2D eigenvalue weighted by Gasteiger charge is -2.08. The lowest BCUT2D eigenvalue weighted by atomic mass is 10.2. The van der Waals surface area contributed by atoms with Crippen molar-refractivity contribution in [3.8, 4) is 0 Å². The zero-order chi connectivity index (χ0) is 12.0. The Bertz CT molecular complexity index is 606. The normalized spacial score (nSPS) is 11.1. The molecule has 0 spiro atoms. The van der Waals surface area contributed by atoms with Crippen molar-refractivity contribution in [2.45, 2.75) is 0 Å². The van der Waals surface area contributed by atoms with E-state index in [2.05, 4.69) is 41.8 Å². The van der Waals surface area contributed by atoms with Crippen LogP contribution in [0.1, 0.15) is 0 Å². The molecule has 1 heterocycles. The maximum Gasteiger partial charge on any atom is 0.224 e. The topological polar surface area (TPSA) is 25.8 Å². The van der Waals surface area contributed by atoms with Crippen LogP contribution in [0.3, 0.4) is 0 Å². The van der Waals surface area contributed by atoms with Crippen molar-refractivity contribution in [1.29, 1.82) is 0 Å². The van der Waals surface area contributed by atoms with Crippen LogP contribution in [0.5, 0.6) is 0 Å². The van der Waals surface area contributed by atoms with E-state index in [-0.39, 0.29) is 30.8 Å². The summed E-state index contributed by atoms with van der Waals surface area (Å²) in [5.41, 5.74) is 0.00755. The molecule has 0 saturated carbocycles. The summed E-state index contributed by atoms with van der Waals surface area (Å²) in [4.78, 5) is 7.50. The van der Waals surface area contributed by atoms with Crippen molar-refractivity contribution in [2.75, 3.05) is 0 Å². The molecule has 0 saturated heterocycles. The van der Waals surface area contributed by atoms with Crippen LogP contribution < -0.4 is 0 Å². The van der Waals surface area contributed by atoms with Gasteiger partial charge in [-0.25, -0.2) is 14.4 Å². The minimum Gasteiger partial charge on any atom is -0.215 e. The number of fused-ring (bicyclic) bond motifs is 1. The van der Waals surface area contributed by atoms with Crippen LogP contribution in [-0.2, 0) is 0 Å². The average Bonchev–Trinajstić information content (AvgIpc) is 2.22. The second kappa shape index (κ2) is 4.53. The molecule has 0 aliphatic carbocycles. The van der Waals surface area contributed by atoms with Crippen LogP contribution in [0.15, 0.2) is 8.95 Å². The Morgan fingerprint density at radius 3 is 2.25 bits per heavy atom. The second-order valence-corrected chi connectivity index (χ2v) is 5.42. The van der Waals surface area contributed by atoms with E-state index in [0.717, 1.165) is 0 Å². The smallest absolute Gasteiger partial charge is 0.215 e. The molecular weight excluding hydrogens is 409 g/mol. The molecule has 0 amide bonds. The first-order chi connectivity index (χ1) is 7.43. The summed E-state index contributed by atoms with van der Waals surface area (Å²) in [6, 6.07) is 0. The van der Waals surface area contributed by atoms with Gasteiger partial charge in [0, 0.05) is 0 Å². The van der Waals surface area contributed by atoms with Crippen LogP contribution in [0, 0.1) is 5.82 Å². The SMILES string of the molecule is Fc1c(Br)c(Cl)c(Br)c2c(Cl)nc(Cl)nc12. The summed E-state index contributed by atoms with van der Waals surface area (Å²) in [6.07, 6.45) is 0. The molecule has 2 rings (SSSR count). The number of hydrogen-bond donors (Lipinski definition) is 0. The molecule has 0 fully saturated rings. The van der Waals surface area contributed by atoms with Crippen molar-refractivity contribution in [3.63, 3.8) is 0 Å². The Morgan fingerprint density at radius 1 is 1.00 bits per heavy atom. The van der Waals surface area contributed by atoms with E-state index < -0.39 is 5.82 Å². The first kappa shape index (κ1) is 12.8. The fourth-order valence-corrected chi connectivity index (χ4v) is 3.16. The van der Waals surface area contributed by atoms with E-state index in [1.807, 2.05) is 0 Å². The Hall–Kier alpha value is 0.320. The number of hydrogen-bond acceptors (Lipinski definition) is 2. The third kappa shape index (κ3) is 1.93. The molecule has 16 heavy (non-hydrogen) atoms. The molecule has 1 aromatic carbocycles. The first-order valence-electron chi connectivity index (χ1n) is 3.78. The molecule has 0 unspecified atom stereocenters. The third-order valence-corrected chi connectivity index (χ3v) is 4.66. The van der Waals surface area contributed by atoms with Crippen LogP contribution in [0.4, 0.5) is 4.39 Å². The highest BCUT2D eigenvalue weighted by atomic mass is 79.9. The Morgan fingerprint density at radius 2 is 1.62 bits per heavy atom. The van der Waals surface area contributed by atoms with Crippen molar-refractivity contribution < 1.29 is 4.39 Å². The molecule has 2 aromatic rings. The van der Waals surface area contributed by atoms with E-state index in [1.165, 1.54) is 0 Å². The molecule has 2 nitrogen and oxygen atoms in total. The molecule has 0 aliphatic rings. The van der Waals surface area contributed by atoms with Crippen LogP contribution >= 0.6 is 66.7 Å². The molecule has 84 valence electrons. The van der Waals surface area contributed by atoms with E-state index in [0.29, 0.717) is 4.47 Å². The highest BCUT2D eigenvalue weighted by molar-refractivity contribution is 9.11. The van der Waals surface area contributed by atoms with Gasteiger partial charge in [-0.15, -0.1) is 0 Å². The summed E-state index contributed by atoms with van der Waals surface area (Å²) < 4.78 is 14.4. The molecular formula is C8Br2Cl3FN2. The number of benzene rings is 1. The van der Waals surface area contributed by atoms with Gasteiger partial charge in [0.25, 0.3) is 0 Å². The maximum absolute atomic E-state index is 13.8. The second-order valence-electron chi connectivity index (χ2n) is 2.76. The van der Waals surface area contributed by atoms with E-state index in [9.17, 15) is 4.39 Å². The van der Waals surface area contributed by atoms with Gasteiger partial charge in [-0.3, -0.25) is 0 Å². The van der Waals surface area contributed by atoms with Crippen LogP contribution in [0.25, 0.3) is 10.9 Å². The lowest BCUT2D eigenvalue weighted by Crippen LogP contribution is -1.93. The van der Waals surface area contributed by atoms with Crippen LogP contribution in [0.2, 0.25) is 15.5 Å². The Balaban J connectivity index is 3.08. The van der Waals surface area contributed by atoms with Crippen molar-refractivity contribution >= 4 is 77.6 Å². The van der Waals surface area contributed by atoms with Gasteiger partial charge in [-0.05, 0) is 43.5 Å². The predicted octanol–water partition coefficient (Wildman–Crippen LogP) is 5.25. The van der Waals surface area contributed by atoms with Gasteiger partial charge in [-0.1, -0.05) is 23.2 Å². The first-order valence-corrected chi connectivity index (χ1v) is 6.50. The number of halogens is 6. The number of nitrogens with zero attached hydrogens (tertiary/aromatic N) is 2. The zero-order valence-corrected chi connectivity index (χ0v) is 12.6. The average molecular weight is 409 g/mol. The highest BCUT2D eigenvalue weighted by Crippen LogP contribution is 2.41. The summed E-state index contributed by atoms with van der Waals surface area (Å²) in [5, 5.41) is 0.363. The van der Waals surface area contributed by atoms with Crippen molar-refractivity contribution in [2.24, 2.45) is 0 Å². The monoisotopic (exact) mass is 406 g/mol. The standard InChI is InChI=1S/C8Br2Cl3FN2/c9-2-1-6(5(14)3(10)4(2)11)15-8(13)16-7(1)12. The summed E-state index contributed by atoms with van der Waals surface area (Å²) in [5.74, 6) is -0.630. The van der Waals surface area contributed by atoms with E-state index >= 15 is 0 Å². The molecule has 8 heteroatoms. The summed E-state index contributed by atoms with van der Waals surface area (Å²) in [7, 11) is 0. The largest absolute Gasteiger partial charge is 0.224 e. The van der Waals surface area contributed by atoms with Crippen molar-refractivity contribution in [3.05, 3.63) is 30.2 Å². The van der Waals surface area contributed by atoms with E-state index in [4.69, 9.17) is 34.8 Å². The Labute approximate surface area is 121 Å².